The van der Waals surface area contributed by atoms with Gasteiger partial charge in [0.1, 0.15) is 0 Å². The molecule has 4 nitrogen and oxygen atoms in total. The summed E-state index contributed by atoms with van der Waals surface area (Å²) in [5, 5.41) is 8.56. The number of rotatable bonds is 3. The molecule has 1 aliphatic rings. The van der Waals surface area contributed by atoms with Crippen LogP contribution in [0, 0.1) is 0 Å². The van der Waals surface area contributed by atoms with Crippen molar-refractivity contribution in [3.63, 3.8) is 0 Å². The van der Waals surface area contributed by atoms with E-state index in [-0.39, 0.29) is 0 Å². The van der Waals surface area contributed by atoms with E-state index in [0.717, 1.165) is 42.3 Å². The molecule has 0 radical (unpaired) electrons. The Balaban J connectivity index is 1.41. The molecular formula is C19H19F3N4. The summed E-state index contributed by atoms with van der Waals surface area (Å²) in [5.74, 6) is 0. The summed E-state index contributed by atoms with van der Waals surface area (Å²) in [6, 6.07) is 13.6. The Hall–Kier alpha value is -2.54. The number of H-pyrrole nitrogens is 1. The van der Waals surface area contributed by atoms with Crippen LogP contribution in [0.25, 0.3) is 10.9 Å². The number of nitrogens with one attached hydrogen (secondary N) is 1. The first-order valence-electron chi connectivity index (χ1n) is 8.57. The van der Waals surface area contributed by atoms with E-state index in [4.69, 9.17) is 0 Å². The Morgan fingerprint density at radius 2 is 1.73 bits per heavy atom. The quantitative estimate of drug-likeness (QED) is 0.769. The number of nitrogens with zero attached hydrogens (tertiary/aromatic N) is 3. The first-order valence-corrected chi connectivity index (χ1v) is 8.57. The van der Waals surface area contributed by atoms with E-state index in [1.165, 1.54) is 12.1 Å². The highest BCUT2D eigenvalue weighted by atomic mass is 19.4. The standard InChI is InChI=1S/C19H19F3N4/c20-19(21,22)14-4-3-5-15(12-14)26-10-8-25(9-11-26)13-18-16-6-1-2-7-17(16)23-24-18/h1-7,12H,8-11,13H2,(H,23,24). The smallest absolute Gasteiger partial charge is 0.369 e. The van der Waals surface area contributed by atoms with Gasteiger partial charge in [-0.05, 0) is 24.3 Å². The van der Waals surface area contributed by atoms with Crippen molar-refractivity contribution in [1.29, 1.82) is 0 Å². The van der Waals surface area contributed by atoms with Crippen LogP contribution in [0.1, 0.15) is 11.3 Å². The van der Waals surface area contributed by atoms with Gasteiger partial charge in [0.05, 0.1) is 16.8 Å². The monoisotopic (exact) mass is 360 g/mol. The third kappa shape index (κ3) is 3.39. The van der Waals surface area contributed by atoms with Gasteiger partial charge in [0, 0.05) is 43.8 Å². The molecule has 1 aromatic heterocycles. The largest absolute Gasteiger partial charge is 0.416 e. The van der Waals surface area contributed by atoms with Gasteiger partial charge in [-0.15, -0.1) is 0 Å². The second-order valence-corrected chi connectivity index (χ2v) is 6.53. The van der Waals surface area contributed by atoms with Crippen molar-refractivity contribution < 1.29 is 13.2 Å². The van der Waals surface area contributed by atoms with Crippen LogP contribution in [0.5, 0.6) is 0 Å². The highest BCUT2D eigenvalue weighted by Gasteiger charge is 2.31. The molecule has 3 aromatic rings. The summed E-state index contributed by atoms with van der Waals surface area (Å²) in [7, 11) is 0. The highest BCUT2D eigenvalue weighted by Crippen LogP contribution is 2.32. The lowest BCUT2D eigenvalue weighted by atomic mass is 10.1. The van der Waals surface area contributed by atoms with Gasteiger partial charge < -0.3 is 4.90 Å². The Morgan fingerprint density at radius 3 is 2.50 bits per heavy atom. The first-order chi connectivity index (χ1) is 12.5. The van der Waals surface area contributed by atoms with Crippen molar-refractivity contribution in [3.05, 3.63) is 59.8 Å². The number of para-hydroxylation sites is 1. The molecule has 1 saturated heterocycles. The fraction of sp³-hybridized carbons (Fsp3) is 0.316. The van der Waals surface area contributed by atoms with E-state index in [0.29, 0.717) is 18.8 Å². The van der Waals surface area contributed by atoms with Crippen LogP contribution >= 0.6 is 0 Å². The van der Waals surface area contributed by atoms with Gasteiger partial charge in [-0.3, -0.25) is 10.00 Å². The molecule has 7 heteroatoms. The van der Waals surface area contributed by atoms with Crippen LogP contribution in [-0.2, 0) is 12.7 Å². The van der Waals surface area contributed by atoms with Crippen molar-refractivity contribution in [2.75, 3.05) is 31.1 Å². The molecule has 0 amide bonds. The molecule has 0 saturated carbocycles. The number of hydrogen-bond donors (Lipinski definition) is 1. The Bertz CT molecular complexity index is 895. The van der Waals surface area contributed by atoms with Crippen LogP contribution in [0.15, 0.2) is 48.5 Å². The van der Waals surface area contributed by atoms with E-state index in [1.54, 1.807) is 6.07 Å². The lowest BCUT2D eigenvalue weighted by Gasteiger charge is -2.36. The van der Waals surface area contributed by atoms with E-state index in [1.807, 2.05) is 29.2 Å². The third-order valence-electron chi connectivity index (χ3n) is 4.83. The Kier molecular flexibility index (Phi) is 4.32. The molecule has 0 bridgehead atoms. The van der Waals surface area contributed by atoms with E-state index in [2.05, 4.69) is 15.1 Å². The number of aromatic nitrogens is 2. The number of anilines is 1. The SMILES string of the molecule is FC(F)(F)c1cccc(N2CCN(Cc3n[nH]c4ccccc34)CC2)c1. The zero-order valence-corrected chi connectivity index (χ0v) is 14.1. The predicted molar refractivity (Wildman–Crippen MR) is 95.0 cm³/mol. The number of alkyl halides is 3. The zero-order valence-electron chi connectivity index (χ0n) is 14.1. The average Bonchev–Trinajstić information content (AvgIpc) is 3.05. The summed E-state index contributed by atoms with van der Waals surface area (Å²) in [6.45, 7) is 3.71. The molecule has 0 unspecified atom stereocenters. The number of aromatic amines is 1. The maximum Gasteiger partial charge on any atom is 0.416 e. The van der Waals surface area contributed by atoms with E-state index in [9.17, 15) is 13.2 Å². The first kappa shape index (κ1) is 16.9. The number of piperazine rings is 1. The topological polar surface area (TPSA) is 35.2 Å². The molecule has 0 atom stereocenters. The zero-order chi connectivity index (χ0) is 18.1. The average molecular weight is 360 g/mol. The maximum atomic E-state index is 12.9. The number of fused-ring (bicyclic) bond motifs is 1. The van der Waals surface area contributed by atoms with Crippen molar-refractivity contribution >= 4 is 16.6 Å². The fourth-order valence-corrected chi connectivity index (χ4v) is 3.40. The minimum atomic E-state index is -4.31. The third-order valence-corrected chi connectivity index (χ3v) is 4.83. The molecule has 136 valence electrons. The lowest BCUT2D eigenvalue weighted by Crippen LogP contribution is -2.46. The van der Waals surface area contributed by atoms with Crippen molar-refractivity contribution in [3.8, 4) is 0 Å². The van der Waals surface area contributed by atoms with Gasteiger partial charge in [-0.25, -0.2) is 0 Å². The predicted octanol–water partition coefficient (Wildman–Crippen LogP) is 3.90. The van der Waals surface area contributed by atoms with Gasteiger partial charge in [0.15, 0.2) is 0 Å². The second-order valence-electron chi connectivity index (χ2n) is 6.53. The number of benzene rings is 2. The Labute approximate surface area is 149 Å². The number of halogens is 3. The molecule has 26 heavy (non-hydrogen) atoms. The number of hydrogen-bond acceptors (Lipinski definition) is 3. The fourth-order valence-electron chi connectivity index (χ4n) is 3.40. The second kappa shape index (κ2) is 6.64. The van der Waals surface area contributed by atoms with Gasteiger partial charge in [0.2, 0.25) is 0 Å². The summed E-state index contributed by atoms with van der Waals surface area (Å²) in [6.07, 6.45) is -4.31. The van der Waals surface area contributed by atoms with Gasteiger partial charge in [0.25, 0.3) is 0 Å². The van der Waals surface area contributed by atoms with Crippen molar-refractivity contribution in [1.82, 2.24) is 15.1 Å². The molecule has 0 aliphatic carbocycles. The molecule has 2 aromatic carbocycles. The van der Waals surface area contributed by atoms with Crippen LogP contribution in [-0.4, -0.2) is 41.3 Å². The van der Waals surface area contributed by atoms with E-state index < -0.39 is 11.7 Å². The van der Waals surface area contributed by atoms with Gasteiger partial charge >= 0.3 is 6.18 Å². The van der Waals surface area contributed by atoms with Gasteiger partial charge in [-0.2, -0.15) is 18.3 Å². The molecule has 4 rings (SSSR count). The maximum absolute atomic E-state index is 12.9. The molecule has 2 heterocycles. The molecule has 1 aliphatic heterocycles. The summed E-state index contributed by atoms with van der Waals surface area (Å²) in [4.78, 5) is 4.29. The molecule has 0 spiro atoms. The highest BCUT2D eigenvalue weighted by molar-refractivity contribution is 5.81. The Morgan fingerprint density at radius 1 is 0.962 bits per heavy atom. The molecule has 1 fully saturated rings. The lowest BCUT2D eigenvalue weighted by molar-refractivity contribution is -0.137. The summed E-state index contributed by atoms with van der Waals surface area (Å²) >= 11 is 0. The minimum absolute atomic E-state index is 0.597. The van der Waals surface area contributed by atoms with Crippen molar-refractivity contribution in [2.45, 2.75) is 12.7 Å². The van der Waals surface area contributed by atoms with Crippen LogP contribution in [0.3, 0.4) is 0 Å². The minimum Gasteiger partial charge on any atom is -0.369 e. The molecular weight excluding hydrogens is 341 g/mol. The van der Waals surface area contributed by atoms with Crippen LogP contribution in [0.2, 0.25) is 0 Å². The summed E-state index contributed by atoms with van der Waals surface area (Å²) in [5.41, 5.74) is 2.06. The van der Waals surface area contributed by atoms with Crippen molar-refractivity contribution in [2.24, 2.45) is 0 Å². The van der Waals surface area contributed by atoms with Crippen LogP contribution in [0.4, 0.5) is 18.9 Å². The van der Waals surface area contributed by atoms with Crippen LogP contribution < -0.4 is 4.90 Å². The molecule has 1 N–H and O–H groups in total. The summed E-state index contributed by atoms with van der Waals surface area (Å²) < 4.78 is 38.7. The van der Waals surface area contributed by atoms with Gasteiger partial charge in [-0.1, -0.05) is 24.3 Å². The normalized spacial score (nSPS) is 16.3. The van der Waals surface area contributed by atoms with E-state index >= 15 is 0 Å².